The van der Waals surface area contributed by atoms with Gasteiger partial charge < -0.3 is 9.47 Å². The molecule has 1 saturated heterocycles. The third-order valence-corrected chi connectivity index (χ3v) is 5.91. The third kappa shape index (κ3) is 3.26. The lowest BCUT2D eigenvalue weighted by Gasteiger charge is -2.53. The maximum Gasteiger partial charge on any atom is 0.430 e. The second-order valence-electron chi connectivity index (χ2n) is 9.34. The number of hydrogen-bond acceptors (Lipinski definition) is 4. The Hall–Kier alpha value is -3.28. The van der Waals surface area contributed by atoms with Crippen molar-refractivity contribution in [2.75, 3.05) is 0 Å². The van der Waals surface area contributed by atoms with E-state index in [9.17, 15) is 9.59 Å². The molecule has 0 radical (unpaired) electrons. The highest BCUT2D eigenvalue weighted by atomic mass is 16.6. The predicted octanol–water partition coefficient (Wildman–Crippen LogP) is 5.41. The van der Waals surface area contributed by atoms with E-state index in [0.29, 0.717) is 6.42 Å². The van der Waals surface area contributed by atoms with Crippen LogP contribution in [-0.4, -0.2) is 28.3 Å². The molecule has 0 unspecified atom stereocenters. The molecule has 2 aliphatic rings. The van der Waals surface area contributed by atoms with Crippen LogP contribution in [0, 0.1) is 0 Å². The Balaban J connectivity index is 1.96. The fraction of sp³-hybridized carbons (Fsp3) is 0.360. The molecule has 0 saturated carbocycles. The molecule has 6 nitrogen and oxygen atoms in total. The molecule has 6 heteroatoms. The van der Waals surface area contributed by atoms with Crippen LogP contribution in [-0.2, 0) is 15.1 Å². The van der Waals surface area contributed by atoms with Crippen molar-refractivity contribution in [3.63, 3.8) is 0 Å². The van der Waals surface area contributed by atoms with Gasteiger partial charge in [-0.05, 0) is 46.6 Å². The first-order chi connectivity index (χ1) is 14.6. The molecule has 162 valence electrons. The number of fused-ring (bicyclic) bond motifs is 1. The molecule has 2 aromatic carbocycles. The van der Waals surface area contributed by atoms with Gasteiger partial charge in [-0.1, -0.05) is 66.2 Å². The number of nitrogens with zero attached hydrogens (tertiary/aromatic N) is 1. The van der Waals surface area contributed by atoms with Crippen molar-refractivity contribution in [2.24, 2.45) is 0 Å². The Morgan fingerprint density at radius 2 is 1.65 bits per heavy atom. The van der Waals surface area contributed by atoms with Crippen LogP contribution >= 0.6 is 0 Å². The van der Waals surface area contributed by atoms with E-state index in [2.05, 4.69) is 5.43 Å². The number of nitrogens with one attached hydrogen (secondary N) is 1. The van der Waals surface area contributed by atoms with Crippen molar-refractivity contribution >= 4 is 17.8 Å². The molecule has 1 heterocycles. The summed E-state index contributed by atoms with van der Waals surface area (Å²) in [4.78, 5) is 26.1. The molecule has 0 aromatic heterocycles. The van der Waals surface area contributed by atoms with E-state index in [0.717, 1.165) is 22.3 Å². The molecular weight excluding hydrogens is 392 g/mol. The summed E-state index contributed by atoms with van der Waals surface area (Å²) in [7, 11) is 0. The van der Waals surface area contributed by atoms with E-state index in [1.54, 1.807) is 20.8 Å². The van der Waals surface area contributed by atoms with Crippen LogP contribution in [0.1, 0.15) is 52.2 Å². The highest BCUT2D eigenvalue weighted by Crippen LogP contribution is 2.59. The fourth-order valence-electron chi connectivity index (χ4n) is 4.87. The van der Waals surface area contributed by atoms with Crippen molar-refractivity contribution in [2.45, 2.75) is 57.8 Å². The summed E-state index contributed by atoms with van der Waals surface area (Å²) in [6.07, 6.45) is -0.810. The average Bonchev–Trinajstić information content (AvgIpc) is 2.94. The SMILES string of the molecule is CC1=C(c2ccccc2)[C@]2(c3ccccc3)OC(=O)NN(C(=O)OC(C)(C)C)[C@]2(C)C1. The van der Waals surface area contributed by atoms with Gasteiger partial charge in [-0.3, -0.25) is 0 Å². The monoisotopic (exact) mass is 420 g/mol. The lowest BCUT2D eigenvalue weighted by molar-refractivity contribution is -0.126. The predicted molar refractivity (Wildman–Crippen MR) is 118 cm³/mol. The highest BCUT2D eigenvalue weighted by Gasteiger charge is 2.67. The van der Waals surface area contributed by atoms with Gasteiger partial charge in [0.25, 0.3) is 0 Å². The Morgan fingerprint density at radius 3 is 2.23 bits per heavy atom. The topological polar surface area (TPSA) is 67.9 Å². The van der Waals surface area contributed by atoms with Gasteiger partial charge >= 0.3 is 12.2 Å². The number of hydrazine groups is 1. The summed E-state index contributed by atoms with van der Waals surface area (Å²) < 4.78 is 11.8. The zero-order valence-electron chi connectivity index (χ0n) is 18.6. The molecule has 1 aliphatic carbocycles. The van der Waals surface area contributed by atoms with Crippen molar-refractivity contribution < 1.29 is 19.1 Å². The van der Waals surface area contributed by atoms with E-state index in [4.69, 9.17) is 9.47 Å². The van der Waals surface area contributed by atoms with Crippen molar-refractivity contribution in [1.82, 2.24) is 10.4 Å². The highest BCUT2D eigenvalue weighted by molar-refractivity contribution is 5.88. The zero-order chi connectivity index (χ0) is 22.4. The summed E-state index contributed by atoms with van der Waals surface area (Å²) in [5.41, 5.74) is 3.45. The molecule has 2 aromatic rings. The van der Waals surface area contributed by atoms with Crippen LogP contribution in [0.15, 0.2) is 66.2 Å². The summed E-state index contributed by atoms with van der Waals surface area (Å²) in [6.45, 7) is 9.36. The second-order valence-corrected chi connectivity index (χ2v) is 9.34. The summed E-state index contributed by atoms with van der Waals surface area (Å²) in [5.74, 6) is 0. The lowest BCUT2D eigenvalue weighted by atomic mass is 9.72. The van der Waals surface area contributed by atoms with E-state index in [1.165, 1.54) is 5.01 Å². The van der Waals surface area contributed by atoms with Crippen LogP contribution in [0.2, 0.25) is 0 Å². The molecule has 31 heavy (non-hydrogen) atoms. The molecule has 2 amide bonds. The Labute approximate surface area is 182 Å². The Morgan fingerprint density at radius 1 is 1.06 bits per heavy atom. The number of hydrogen-bond donors (Lipinski definition) is 1. The van der Waals surface area contributed by atoms with Gasteiger partial charge in [0.05, 0.1) is 0 Å². The van der Waals surface area contributed by atoms with Gasteiger partial charge in [-0.25, -0.2) is 20.0 Å². The Kier molecular flexibility index (Phi) is 4.84. The van der Waals surface area contributed by atoms with Gasteiger partial charge in [-0.2, -0.15) is 0 Å². The van der Waals surface area contributed by atoms with Gasteiger partial charge in [0, 0.05) is 11.1 Å². The Bertz CT molecular complexity index is 1040. The van der Waals surface area contributed by atoms with Crippen molar-refractivity contribution in [3.05, 3.63) is 77.4 Å². The molecule has 2 atom stereocenters. The van der Waals surface area contributed by atoms with Crippen LogP contribution in [0.5, 0.6) is 0 Å². The number of amides is 2. The largest absolute Gasteiger partial charge is 0.442 e. The van der Waals surface area contributed by atoms with E-state index >= 15 is 0 Å². The standard InChI is InChI=1S/C25H28N2O4/c1-17-16-24(5)25(19-14-10-7-11-15-19,20(17)18-12-8-6-9-13-18)30-21(28)26-27(24)22(29)31-23(2,3)4/h6-15H,16H2,1-5H3,(H,26,28)/t24-,25+/m1/s1. The van der Waals surface area contributed by atoms with E-state index in [-0.39, 0.29) is 0 Å². The average molecular weight is 421 g/mol. The lowest BCUT2D eigenvalue weighted by Crippen LogP contribution is -2.72. The van der Waals surface area contributed by atoms with Crippen molar-refractivity contribution in [1.29, 1.82) is 0 Å². The van der Waals surface area contributed by atoms with E-state index < -0.39 is 28.9 Å². The second kappa shape index (κ2) is 7.15. The minimum Gasteiger partial charge on any atom is -0.442 e. The molecule has 1 fully saturated rings. The van der Waals surface area contributed by atoms with Crippen LogP contribution in [0.25, 0.3) is 5.57 Å². The van der Waals surface area contributed by atoms with Crippen LogP contribution in [0.3, 0.4) is 0 Å². The zero-order valence-corrected chi connectivity index (χ0v) is 18.6. The summed E-state index contributed by atoms with van der Waals surface area (Å²) >= 11 is 0. The number of carbonyl (C=O) groups excluding carboxylic acids is 2. The molecule has 4 rings (SSSR count). The third-order valence-electron chi connectivity index (χ3n) is 5.91. The number of carbonyl (C=O) groups is 2. The fourth-order valence-corrected chi connectivity index (χ4v) is 4.87. The van der Waals surface area contributed by atoms with Crippen LogP contribution < -0.4 is 5.43 Å². The maximum atomic E-state index is 13.2. The minimum absolute atomic E-state index is 0.506. The normalized spacial score (nSPS) is 25.6. The molecular formula is C25H28N2O4. The first-order valence-electron chi connectivity index (χ1n) is 10.4. The first kappa shape index (κ1) is 21.0. The summed E-state index contributed by atoms with van der Waals surface area (Å²) in [5, 5.41) is 1.32. The number of benzene rings is 2. The molecule has 0 spiro atoms. The van der Waals surface area contributed by atoms with Gasteiger partial charge in [0.1, 0.15) is 11.1 Å². The molecule has 0 bridgehead atoms. The minimum atomic E-state index is -1.20. The molecule has 1 N–H and O–H groups in total. The molecule has 1 aliphatic heterocycles. The maximum absolute atomic E-state index is 13.2. The van der Waals surface area contributed by atoms with E-state index in [1.807, 2.05) is 74.5 Å². The quantitative estimate of drug-likeness (QED) is 0.705. The first-order valence-corrected chi connectivity index (χ1v) is 10.4. The smallest absolute Gasteiger partial charge is 0.430 e. The van der Waals surface area contributed by atoms with Crippen LogP contribution in [0.4, 0.5) is 9.59 Å². The van der Waals surface area contributed by atoms with Gasteiger partial charge in [-0.15, -0.1) is 0 Å². The van der Waals surface area contributed by atoms with Gasteiger partial charge in [0.2, 0.25) is 0 Å². The summed E-state index contributed by atoms with van der Waals surface area (Å²) in [6, 6.07) is 19.5. The van der Waals surface area contributed by atoms with Gasteiger partial charge in [0.15, 0.2) is 5.60 Å². The number of ether oxygens (including phenoxy) is 2. The number of rotatable bonds is 2. The van der Waals surface area contributed by atoms with Crippen molar-refractivity contribution in [3.8, 4) is 0 Å².